The Labute approximate surface area is 283 Å². The minimum atomic E-state index is -4.43. The summed E-state index contributed by atoms with van der Waals surface area (Å²) in [6, 6.07) is 16.4. The maximum absolute atomic E-state index is 15.8. The van der Waals surface area contributed by atoms with E-state index in [0.29, 0.717) is 40.9 Å². The van der Waals surface area contributed by atoms with Crippen molar-refractivity contribution in [2.75, 3.05) is 26.6 Å². The zero-order valence-electron chi connectivity index (χ0n) is 24.5. The number of benzene rings is 3. The third kappa shape index (κ3) is 5.66. The van der Waals surface area contributed by atoms with Gasteiger partial charge in [0, 0.05) is 18.1 Å². The number of sulfonamides is 2. The van der Waals surface area contributed by atoms with Crippen LogP contribution in [0.3, 0.4) is 0 Å². The summed E-state index contributed by atoms with van der Waals surface area (Å²) in [5, 5.41) is 3.03. The van der Waals surface area contributed by atoms with Crippen LogP contribution in [0.25, 0.3) is 27.8 Å². The SMILES string of the molecule is O=S(=O)(Nc1ccc(F)c(Nc2ncnc3ccc(-n4cc(N5CCCCS5(=O)=O)c5ccccc54)nc23)c1F)c1cccc(Cl)c1Cl. The van der Waals surface area contributed by atoms with Crippen molar-refractivity contribution in [1.82, 2.24) is 19.5 Å². The molecule has 246 valence electrons. The molecule has 1 aliphatic heterocycles. The van der Waals surface area contributed by atoms with Gasteiger partial charge in [0.1, 0.15) is 34.1 Å². The molecule has 11 nitrogen and oxygen atoms in total. The van der Waals surface area contributed by atoms with Crippen LogP contribution in [0.15, 0.2) is 84.1 Å². The van der Waals surface area contributed by atoms with Gasteiger partial charge in [-0.3, -0.25) is 13.6 Å². The number of halogens is 4. The van der Waals surface area contributed by atoms with Crippen molar-refractivity contribution >= 4 is 88.1 Å². The molecule has 0 amide bonds. The summed E-state index contributed by atoms with van der Waals surface area (Å²) in [5.41, 5.74) is 0.389. The van der Waals surface area contributed by atoms with Gasteiger partial charge >= 0.3 is 0 Å². The molecule has 48 heavy (non-hydrogen) atoms. The molecule has 1 saturated heterocycles. The lowest BCUT2D eigenvalue weighted by Gasteiger charge is -2.27. The number of fused-ring (bicyclic) bond motifs is 2. The second-order valence-corrected chi connectivity index (χ2v) is 15.3. The predicted octanol–water partition coefficient (Wildman–Crippen LogP) is 7.03. The minimum Gasteiger partial charge on any atom is -0.333 e. The van der Waals surface area contributed by atoms with Gasteiger partial charge in [-0.25, -0.2) is 40.6 Å². The first-order valence-corrected chi connectivity index (χ1v) is 18.2. The van der Waals surface area contributed by atoms with Crippen LogP contribution in [0.1, 0.15) is 12.8 Å². The zero-order chi connectivity index (χ0) is 33.8. The van der Waals surface area contributed by atoms with Crippen LogP contribution in [0.2, 0.25) is 10.0 Å². The number of aromatic nitrogens is 4. The summed E-state index contributed by atoms with van der Waals surface area (Å²) >= 11 is 12.0. The lowest BCUT2D eigenvalue weighted by atomic mass is 10.2. The Bertz CT molecular complexity index is 2480. The average Bonchev–Trinajstić information content (AvgIpc) is 3.44. The van der Waals surface area contributed by atoms with Crippen molar-refractivity contribution < 1.29 is 25.6 Å². The van der Waals surface area contributed by atoms with Crippen LogP contribution in [-0.4, -0.2) is 48.7 Å². The molecular formula is C31H23Cl2F2N7O4S2. The highest BCUT2D eigenvalue weighted by atomic mass is 35.5. The van der Waals surface area contributed by atoms with Crippen molar-refractivity contribution in [3.05, 3.63) is 101 Å². The summed E-state index contributed by atoms with van der Waals surface area (Å²) < 4.78 is 88.2. The first-order chi connectivity index (χ1) is 22.9. The lowest BCUT2D eigenvalue weighted by molar-refractivity contribution is 0.574. The molecule has 6 aromatic rings. The lowest BCUT2D eigenvalue weighted by Crippen LogP contribution is -2.37. The molecule has 0 spiro atoms. The van der Waals surface area contributed by atoms with Crippen molar-refractivity contribution in [3.8, 4) is 5.82 Å². The zero-order valence-corrected chi connectivity index (χ0v) is 27.7. The van der Waals surface area contributed by atoms with Crippen molar-refractivity contribution in [3.63, 3.8) is 0 Å². The Morgan fingerprint density at radius 3 is 2.54 bits per heavy atom. The Morgan fingerprint density at radius 1 is 0.917 bits per heavy atom. The Hall–Kier alpha value is -4.57. The molecule has 3 aromatic heterocycles. The van der Waals surface area contributed by atoms with E-state index >= 15 is 8.78 Å². The maximum Gasteiger partial charge on any atom is 0.263 e. The third-order valence-corrected chi connectivity index (χ3v) is 12.0. The van der Waals surface area contributed by atoms with E-state index in [0.717, 1.165) is 18.6 Å². The first kappa shape index (κ1) is 32.0. The van der Waals surface area contributed by atoms with Crippen LogP contribution in [0.5, 0.6) is 0 Å². The molecule has 1 fully saturated rings. The van der Waals surface area contributed by atoms with Crippen LogP contribution < -0.4 is 14.3 Å². The van der Waals surface area contributed by atoms with Crippen LogP contribution >= 0.6 is 23.2 Å². The number of para-hydroxylation sites is 1. The van der Waals surface area contributed by atoms with Gasteiger partial charge in [-0.2, -0.15) is 0 Å². The van der Waals surface area contributed by atoms with Crippen molar-refractivity contribution in [2.24, 2.45) is 0 Å². The molecule has 17 heteroatoms. The summed E-state index contributed by atoms with van der Waals surface area (Å²) in [7, 11) is -7.95. The Balaban J connectivity index is 1.28. The van der Waals surface area contributed by atoms with E-state index in [4.69, 9.17) is 28.2 Å². The fourth-order valence-corrected chi connectivity index (χ4v) is 8.98. The summed E-state index contributed by atoms with van der Waals surface area (Å²) in [5.74, 6) is -1.96. The fraction of sp³-hybridized carbons (Fsp3) is 0.129. The molecule has 2 N–H and O–H groups in total. The smallest absolute Gasteiger partial charge is 0.263 e. The van der Waals surface area contributed by atoms with Gasteiger partial charge in [0.25, 0.3) is 10.0 Å². The highest BCUT2D eigenvalue weighted by Gasteiger charge is 2.29. The van der Waals surface area contributed by atoms with Gasteiger partial charge < -0.3 is 5.32 Å². The van der Waals surface area contributed by atoms with E-state index < -0.39 is 48.0 Å². The van der Waals surface area contributed by atoms with Crippen molar-refractivity contribution in [1.29, 1.82) is 0 Å². The monoisotopic (exact) mass is 729 g/mol. The van der Waals surface area contributed by atoms with Gasteiger partial charge in [0.05, 0.1) is 38.2 Å². The second-order valence-electron chi connectivity index (χ2n) is 10.8. The van der Waals surface area contributed by atoms with Gasteiger partial charge in [-0.1, -0.05) is 47.5 Å². The molecule has 0 bridgehead atoms. The largest absolute Gasteiger partial charge is 0.333 e. The number of rotatable bonds is 7. The van der Waals surface area contributed by atoms with Gasteiger partial charge in [0.2, 0.25) is 10.0 Å². The summed E-state index contributed by atoms with van der Waals surface area (Å²) in [6.07, 6.45) is 4.19. The number of anilines is 4. The highest BCUT2D eigenvalue weighted by Crippen LogP contribution is 2.36. The van der Waals surface area contributed by atoms with Gasteiger partial charge in [-0.05, 0) is 55.3 Å². The summed E-state index contributed by atoms with van der Waals surface area (Å²) in [6.45, 7) is 0.349. The fourth-order valence-electron chi connectivity index (χ4n) is 5.52. The predicted molar refractivity (Wildman–Crippen MR) is 181 cm³/mol. The molecule has 7 rings (SSSR count). The molecule has 3 aromatic carbocycles. The van der Waals surface area contributed by atoms with Crippen molar-refractivity contribution in [2.45, 2.75) is 17.7 Å². The van der Waals surface area contributed by atoms with Gasteiger partial charge in [0.15, 0.2) is 11.6 Å². The van der Waals surface area contributed by atoms with Crippen LogP contribution in [0.4, 0.5) is 31.7 Å². The standard InChI is InChI=1S/C31H23Cl2F2N7O4S2/c32-19-7-5-9-25(27(19)33)48(45,46)40-21-11-10-20(34)29(28(21)35)39-31-30-22(36-17-37-31)12-13-26(38-30)41-16-24(18-6-1-2-8-23(18)41)42-14-3-4-15-47(42,43)44/h1-2,5-13,16-17,40H,3-4,14-15H2,(H,36,37,39). The minimum absolute atomic E-state index is 0.0235. The average molecular weight is 731 g/mol. The number of nitrogens with one attached hydrogen (secondary N) is 2. The first-order valence-electron chi connectivity index (χ1n) is 14.4. The molecule has 1 aliphatic rings. The second kappa shape index (κ2) is 12.1. The van der Waals surface area contributed by atoms with E-state index in [1.807, 2.05) is 24.3 Å². The number of nitrogens with zero attached hydrogens (tertiary/aromatic N) is 5. The molecule has 0 aliphatic carbocycles. The van der Waals surface area contributed by atoms with E-state index in [1.54, 1.807) is 22.9 Å². The number of hydrogen-bond acceptors (Lipinski definition) is 8. The Morgan fingerprint density at radius 2 is 1.73 bits per heavy atom. The Kier molecular flexibility index (Phi) is 8.10. The number of hydrogen-bond donors (Lipinski definition) is 2. The van der Waals surface area contributed by atoms with Crippen LogP contribution in [-0.2, 0) is 20.0 Å². The molecule has 0 radical (unpaired) electrons. The van der Waals surface area contributed by atoms with Gasteiger partial charge in [-0.15, -0.1) is 0 Å². The molecule has 0 unspecified atom stereocenters. The molecule has 0 saturated carbocycles. The van der Waals surface area contributed by atoms with E-state index in [9.17, 15) is 16.8 Å². The molecule has 4 heterocycles. The molecule has 0 atom stereocenters. The van der Waals surface area contributed by atoms with Crippen LogP contribution in [0, 0.1) is 11.6 Å². The van der Waals surface area contributed by atoms with E-state index in [-0.39, 0.29) is 27.1 Å². The normalized spacial score (nSPS) is 14.8. The molecular weight excluding hydrogens is 707 g/mol. The maximum atomic E-state index is 15.8. The quantitative estimate of drug-likeness (QED) is 0.179. The third-order valence-electron chi connectivity index (χ3n) is 7.81. The summed E-state index contributed by atoms with van der Waals surface area (Å²) in [4.78, 5) is 12.7. The van der Waals surface area contributed by atoms with E-state index in [1.165, 1.54) is 28.8 Å². The topological polar surface area (TPSA) is 139 Å². The van der Waals surface area contributed by atoms with E-state index in [2.05, 4.69) is 20.0 Å². The highest BCUT2D eigenvalue weighted by molar-refractivity contribution is 7.93. The number of pyridine rings is 1.